The van der Waals surface area contributed by atoms with Crippen molar-refractivity contribution in [2.45, 2.75) is 32.4 Å². The fraction of sp³-hybridized carbons (Fsp3) is 0.227. The maximum Gasteiger partial charge on any atom is 0.272 e. The van der Waals surface area contributed by atoms with E-state index in [2.05, 4.69) is 10.4 Å². The van der Waals surface area contributed by atoms with Crippen molar-refractivity contribution < 1.29 is 14.7 Å². The van der Waals surface area contributed by atoms with Crippen molar-refractivity contribution >= 4 is 46.6 Å². The molecule has 0 saturated heterocycles. The van der Waals surface area contributed by atoms with E-state index in [1.54, 1.807) is 54.1 Å². The molecule has 2 unspecified atom stereocenters. The number of halogens is 3. The van der Waals surface area contributed by atoms with E-state index in [0.29, 0.717) is 32.0 Å². The summed E-state index contributed by atoms with van der Waals surface area (Å²) in [6, 6.07) is 10.9. The highest BCUT2D eigenvalue weighted by atomic mass is 35.5. The summed E-state index contributed by atoms with van der Waals surface area (Å²) < 4.78 is 1.54. The minimum atomic E-state index is -1.05. The average molecular weight is 496 g/mol. The standard InChI is InChI=1S/C22H21Cl3N4O3/c1-11(30)9-17(21(26)31)27-22(32)19-12(2)20(13-3-5-14(23)6-4-13)29(28-19)18-8-7-15(24)10-16(18)25/h3-8,10-11,17,30H,9H2,1-2H3,(H2,26,31)(H,27,32). The molecule has 7 nitrogen and oxygen atoms in total. The third-order valence-electron chi connectivity index (χ3n) is 4.82. The molecule has 0 bridgehead atoms. The van der Waals surface area contributed by atoms with Crippen molar-refractivity contribution in [3.05, 3.63) is 68.8 Å². The molecule has 0 saturated carbocycles. The molecule has 10 heteroatoms. The third kappa shape index (κ3) is 5.24. The Labute approximate surface area is 200 Å². The van der Waals surface area contributed by atoms with E-state index in [4.69, 9.17) is 40.5 Å². The zero-order chi connectivity index (χ0) is 23.6. The molecular formula is C22H21Cl3N4O3. The number of carbonyl (C=O) groups is 2. The highest BCUT2D eigenvalue weighted by Gasteiger charge is 2.27. The van der Waals surface area contributed by atoms with Crippen molar-refractivity contribution in [2.75, 3.05) is 0 Å². The van der Waals surface area contributed by atoms with Crippen LogP contribution in [-0.2, 0) is 4.79 Å². The van der Waals surface area contributed by atoms with Gasteiger partial charge < -0.3 is 16.2 Å². The van der Waals surface area contributed by atoms with E-state index in [1.807, 2.05) is 0 Å². The molecule has 2 atom stereocenters. The summed E-state index contributed by atoms with van der Waals surface area (Å²) in [6.45, 7) is 3.24. The van der Waals surface area contributed by atoms with E-state index < -0.39 is 24.0 Å². The number of nitrogens with one attached hydrogen (secondary N) is 1. The van der Waals surface area contributed by atoms with E-state index >= 15 is 0 Å². The molecule has 0 aliphatic rings. The first kappa shape index (κ1) is 24.1. The van der Waals surface area contributed by atoms with Gasteiger partial charge in [-0.05, 0) is 44.2 Å². The molecule has 168 valence electrons. The molecule has 3 rings (SSSR count). The number of aliphatic hydroxyl groups is 1. The number of amides is 2. The minimum absolute atomic E-state index is 0.0200. The summed E-state index contributed by atoms with van der Waals surface area (Å²) in [5.41, 5.74) is 7.89. The lowest BCUT2D eigenvalue weighted by Crippen LogP contribution is -2.46. The van der Waals surface area contributed by atoms with Crippen molar-refractivity contribution in [3.63, 3.8) is 0 Å². The van der Waals surface area contributed by atoms with Gasteiger partial charge in [0.2, 0.25) is 5.91 Å². The predicted molar refractivity (Wildman–Crippen MR) is 126 cm³/mol. The Morgan fingerprint density at radius 1 is 1.12 bits per heavy atom. The molecule has 0 spiro atoms. The molecule has 0 radical (unpaired) electrons. The van der Waals surface area contributed by atoms with Crippen molar-refractivity contribution in [2.24, 2.45) is 5.73 Å². The first-order chi connectivity index (χ1) is 15.1. The van der Waals surface area contributed by atoms with Crippen molar-refractivity contribution in [1.82, 2.24) is 15.1 Å². The van der Waals surface area contributed by atoms with Gasteiger partial charge in [0.25, 0.3) is 5.91 Å². The van der Waals surface area contributed by atoms with Crippen LogP contribution in [0.4, 0.5) is 0 Å². The Kier molecular flexibility index (Phi) is 7.46. The van der Waals surface area contributed by atoms with Gasteiger partial charge in [0.1, 0.15) is 6.04 Å². The molecule has 2 amide bonds. The van der Waals surface area contributed by atoms with Crippen molar-refractivity contribution in [1.29, 1.82) is 0 Å². The maximum atomic E-state index is 13.0. The number of nitrogens with zero attached hydrogens (tertiary/aromatic N) is 2. The van der Waals surface area contributed by atoms with E-state index in [0.717, 1.165) is 5.56 Å². The number of benzene rings is 2. The van der Waals surface area contributed by atoms with Crippen LogP contribution < -0.4 is 11.1 Å². The van der Waals surface area contributed by atoms with Gasteiger partial charge in [0.05, 0.1) is 22.5 Å². The zero-order valence-electron chi connectivity index (χ0n) is 17.3. The number of primary amides is 1. The van der Waals surface area contributed by atoms with Crippen molar-refractivity contribution in [3.8, 4) is 16.9 Å². The van der Waals surface area contributed by atoms with Crippen LogP contribution in [0.25, 0.3) is 16.9 Å². The predicted octanol–water partition coefficient (Wildman–Crippen LogP) is 4.16. The lowest BCUT2D eigenvalue weighted by Gasteiger charge is -2.16. The number of hydrogen-bond donors (Lipinski definition) is 3. The van der Waals surface area contributed by atoms with Gasteiger partial charge in [0.15, 0.2) is 5.69 Å². The molecule has 0 fully saturated rings. The molecule has 1 aromatic heterocycles. The summed E-state index contributed by atoms with van der Waals surface area (Å²) in [7, 11) is 0. The van der Waals surface area contributed by atoms with Crippen LogP contribution in [0.15, 0.2) is 42.5 Å². The minimum Gasteiger partial charge on any atom is -0.393 e. The summed E-state index contributed by atoms with van der Waals surface area (Å²) in [5.74, 6) is -1.36. The number of rotatable bonds is 7. The second kappa shape index (κ2) is 9.92. The Hall–Kier alpha value is -2.58. The number of hydrogen-bond acceptors (Lipinski definition) is 4. The van der Waals surface area contributed by atoms with E-state index in [1.165, 1.54) is 6.92 Å². The largest absolute Gasteiger partial charge is 0.393 e. The third-order valence-corrected chi connectivity index (χ3v) is 5.61. The Balaban J connectivity index is 2.13. The Bertz CT molecular complexity index is 1160. The summed E-state index contributed by atoms with van der Waals surface area (Å²) in [6.07, 6.45) is -0.850. The van der Waals surface area contributed by atoms with Crippen LogP contribution in [0.3, 0.4) is 0 Å². The lowest BCUT2D eigenvalue weighted by atomic mass is 10.1. The second-order valence-electron chi connectivity index (χ2n) is 7.35. The number of aromatic nitrogens is 2. The first-order valence-corrected chi connectivity index (χ1v) is 10.8. The number of carbonyl (C=O) groups excluding carboxylic acids is 2. The monoisotopic (exact) mass is 494 g/mol. The summed E-state index contributed by atoms with van der Waals surface area (Å²) in [4.78, 5) is 24.8. The van der Waals surface area contributed by atoms with E-state index in [9.17, 15) is 14.7 Å². The quantitative estimate of drug-likeness (QED) is 0.457. The molecule has 2 aromatic carbocycles. The zero-order valence-corrected chi connectivity index (χ0v) is 19.5. The van der Waals surface area contributed by atoms with Gasteiger partial charge in [-0.25, -0.2) is 4.68 Å². The molecule has 0 aliphatic carbocycles. The number of aliphatic hydroxyl groups excluding tert-OH is 1. The molecule has 4 N–H and O–H groups in total. The molecule has 0 aliphatic heterocycles. The SMILES string of the molecule is Cc1c(C(=O)NC(CC(C)O)C(N)=O)nn(-c2ccc(Cl)cc2Cl)c1-c1ccc(Cl)cc1. The van der Waals surface area contributed by atoms with Gasteiger partial charge >= 0.3 is 0 Å². The van der Waals surface area contributed by atoms with Gasteiger partial charge in [-0.15, -0.1) is 0 Å². The Morgan fingerprint density at radius 3 is 2.31 bits per heavy atom. The molecule has 32 heavy (non-hydrogen) atoms. The molecule has 1 heterocycles. The smallest absolute Gasteiger partial charge is 0.272 e. The van der Waals surface area contributed by atoms with Gasteiger partial charge in [-0.2, -0.15) is 5.10 Å². The summed E-state index contributed by atoms with van der Waals surface area (Å²) in [5, 5.41) is 18.0. The van der Waals surface area contributed by atoms with Crippen LogP contribution in [0.2, 0.25) is 15.1 Å². The molecular weight excluding hydrogens is 475 g/mol. The first-order valence-electron chi connectivity index (χ1n) is 9.67. The maximum absolute atomic E-state index is 13.0. The topological polar surface area (TPSA) is 110 Å². The van der Waals surface area contributed by atoms with Crippen LogP contribution in [-0.4, -0.2) is 38.8 Å². The van der Waals surface area contributed by atoms with Gasteiger partial charge in [0, 0.05) is 27.6 Å². The fourth-order valence-electron chi connectivity index (χ4n) is 3.30. The lowest BCUT2D eigenvalue weighted by molar-refractivity contribution is -0.120. The van der Waals surface area contributed by atoms with E-state index in [-0.39, 0.29) is 12.1 Å². The van der Waals surface area contributed by atoms with Crippen LogP contribution in [0.5, 0.6) is 0 Å². The van der Waals surface area contributed by atoms with Crippen LogP contribution >= 0.6 is 34.8 Å². The number of nitrogens with two attached hydrogens (primary N) is 1. The summed E-state index contributed by atoms with van der Waals surface area (Å²) >= 11 is 18.5. The van der Waals surface area contributed by atoms with Crippen LogP contribution in [0.1, 0.15) is 29.4 Å². The normalized spacial score (nSPS) is 12.9. The average Bonchev–Trinajstić information content (AvgIpc) is 3.04. The Morgan fingerprint density at radius 2 is 1.75 bits per heavy atom. The van der Waals surface area contributed by atoms with Gasteiger partial charge in [-0.1, -0.05) is 46.9 Å². The highest BCUT2D eigenvalue weighted by molar-refractivity contribution is 6.35. The second-order valence-corrected chi connectivity index (χ2v) is 8.63. The fourth-order valence-corrected chi connectivity index (χ4v) is 3.91. The molecule has 3 aromatic rings. The van der Waals surface area contributed by atoms with Gasteiger partial charge in [-0.3, -0.25) is 9.59 Å². The van der Waals surface area contributed by atoms with Crippen LogP contribution in [0, 0.1) is 6.92 Å². The highest BCUT2D eigenvalue weighted by Crippen LogP contribution is 2.33.